The van der Waals surface area contributed by atoms with Crippen LogP contribution in [0, 0.1) is 5.92 Å². The van der Waals surface area contributed by atoms with Gasteiger partial charge in [0.15, 0.2) is 0 Å². The third-order valence-corrected chi connectivity index (χ3v) is 6.50. The standard InChI is InChI=1S/C14H27N3O3S/c1-16(2)21(19,20)17-10-8-13(9-11-17)15-14(18)12-6-4-3-5-7-12/h12-13H,3-11H2,1-2H3,(H,15,18). The van der Waals surface area contributed by atoms with Crippen LogP contribution in [-0.4, -0.2) is 56.2 Å². The Balaban J connectivity index is 1.80. The van der Waals surface area contributed by atoms with Crippen LogP contribution < -0.4 is 5.32 Å². The van der Waals surface area contributed by atoms with E-state index in [0.29, 0.717) is 25.9 Å². The van der Waals surface area contributed by atoms with E-state index in [0.717, 1.165) is 25.7 Å². The van der Waals surface area contributed by atoms with Crippen molar-refractivity contribution >= 4 is 16.1 Å². The van der Waals surface area contributed by atoms with Crippen molar-refractivity contribution in [3.8, 4) is 0 Å². The average Bonchev–Trinajstić information content (AvgIpc) is 2.48. The van der Waals surface area contributed by atoms with Gasteiger partial charge in [-0.2, -0.15) is 17.0 Å². The van der Waals surface area contributed by atoms with Crippen molar-refractivity contribution in [2.75, 3.05) is 27.2 Å². The number of amides is 1. The third-order valence-electron chi connectivity index (χ3n) is 4.56. The summed E-state index contributed by atoms with van der Waals surface area (Å²) in [6.45, 7) is 0.965. The minimum absolute atomic E-state index is 0.119. The Labute approximate surface area is 128 Å². The fraction of sp³-hybridized carbons (Fsp3) is 0.929. The first kappa shape index (κ1) is 16.7. The number of nitrogens with zero attached hydrogens (tertiary/aromatic N) is 2. The number of hydrogen-bond donors (Lipinski definition) is 1. The van der Waals surface area contributed by atoms with Crippen molar-refractivity contribution in [2.24, 2.45) is 5.92 Å². The lowest BCUT2D eigenvalue weighted by atomic mass is 9.88. The smallest absolute Gasteiger partial charge is 0.281 e. The zero-order chi connectivity index (χ0) is 15.5. The van der Waals surface area contributed by atoms with E-state index in [1.165, 1.54) is 15.0 Å². The lowest BCUT2D eigenvalue weighted by Crippen LogP contribution is -2.50. The highest BCUT2D eigenvalue weighted by molar-refractivity contribution is 7.86. The molecule has 1 aliphatic heterocycles. The lowest BCUT2D eigenvalue weighted by Gasteiger charge is -2.34. The van der Waals surface area contributed by atoms with E-state index < -0.39 is 10.2 Å². The molecule has 2 aliphatic rings. The first-order valence-corrected chi connectivity index (χ1v) is 9.29. The molecule has 1 saturated carbocycles. The van der Waals surface area contributed by atoms with E-state index in [2.05, 4.69) is 5.32 Å². The SMILES string of the molecule is CN(C)S(=O)(=O)N1CCC(NC(=O)C2CCCCC2)CC1. The van der Waals surface area contributed by atoms with Crippen molar-refractivity contribution in [3.05, 3.63) is 0 Å². The third kappa shape index (κ3) is 4.17. The van der Waals surface area contributed by atoms with E-state index in [4.69, 9.17) is 0 Å². The van der Waals surface area contributed by atoms with Gasteiger partial charge in [0.05, 0.1) is 0 Å². The molecule has 0 aromatic rings. The first-order valence-electron chi connectivity index (χ1n) is 7.89. The Morgan fingerprint density at radius 2 is 1.62 bits per heavy atom. The van der Waals surface area contributed by atoms with Crippen LogP contribution in [0.4, 0.5) is 0 Å². The van der Waals surface area contributed by atoms with Gasteiger partial charge in [-0.3, -0.25) is 4.79 Å². The molecule has 2 rings (SSSR count). The second-order valence-electron chi connectivity index (χ2n) is 6.31. The summed E-state index contributed by atoms with van der Waals surface area (Å²) >= 11 is 0. The van der Waals surface area contributed by atoms with Crippen molar-refractivity contribution < 1.29 is 13.2 Å². The van der Waals surface area contributed by atoms with E-state index in [1.54, 1.807) is 14.1 Å². The zero-order valence-corrected chi connectivity index (χ0v) is 13.9. The Kier molecular flexibility index (Phi) is 5.62. The molecule has 0 aromatic carbocycles. The fourth-order valence-corrected chi connectivity index (χ4v) is 4.28. The number of piperidine rings is 1. The molecule has 0 spiro atoms. The van der Waals surface area contributed by atoms with Crippen LogP contribution in [0.3, 0.4) is 0 Å². The van der Waals surface area contributed by atoms with E-state index >= 15 is 0 Å². The van der Waals surface area contributed by atoms with Gasteiger partial charge in [-0.05, 0) is 25.7 Å². The summed E-state index contributed by atoms with van der Waals surface area (Å²) in [6.07, 6.45) is 6.94. The second kappa shape index (κ2) is 7.07. The van der Waals surface area contributed by atoms with Crippen LogP contribution in [-0.2, 0) is 15.0 Å². The predicted molar refractivity (Wildman–Crippen MR) is 81.9 cm³/mol. The molecule has 0 bridgehead atoms. The molecule has 0 aromatic heterocycles. The summed E-state index contributed by atoms with van der Waals surface area (Å²) in [5.41, 5.74) is 0. The Hall–Kier alpha value is -0.660. The van der Waals surface area contributed by atoms with E-state index in [-0.39, 0.29) is 17.9 Å². The number of carbonyl (C=O) groups is 1. The lowest BCUT2D eigenvalue weighted by molar-refractivity contribution is -0.126. The Morgan fingerprint density at radius 3 is 2.14 bits per heavy atom. The summed E-state index contributed by atoms with van der Waals surface area (Å²) in [4.78, 5) is 12.2. The van der Waals surface area contributed by atoms with Gasteiger partial charge in [-0.25, -0.2) is 0 Å². The fourth-order valence-electron chi connectivity index (χ4n) is 3.15. The largest absolute Gasteiger partial charge is 0.353 e. The van der Waals surface area contributed by atoms with Crippen molar-refractivity contribution in [1.29, 1.82) is 0 Å². The Bertz CT molecular complexity index is 450. The van der Waals surface area contributed by atoms with Gasteiger partial charge in [-0.15, -0.1) is 0 Å². The average molecular weight is 317 g/mol. The van der Waals surface area contributed by atoms with Crippen molar-refractivity contribution in [2.45, 2.75) is 51.0 Å². The number of carbonyl (C=O) groups excluding carboxylic acids is 1. The molecule has 6 nitrogen and oxygen atoms in total. The van der Waals surface area contributed by atoms with Crippen LogP contribution in [0.5, 0.6) is 0 Å². The highest BCUT2D eigenvalue weighted by Gasteiger charge is 2.31. The summed E-state index contributed by atoms with van der Waals surface area (Å²) in [7, 11) is -0.223. The monoisotopic (exact) mass is 317 g/mol. The maximum absolute atomic E-state index is 12.2. The number of rotatable bonds is 4. The highest BCUT2D eigenvalue weighted by atomic mass is 32.2. The van der Waals surface area contributed by atoms with Crippen LogP contribution in [0.25, 0.3) is 0 Å². The summed E-state index contributed by atoms with van der Waals surface area (Å²) in [5, 5.41) is 3.12. The van der Waals surface area contributed by atoms with Crippen LogP contribution >= 0.6 is 0 Å². The van der Waals surface area contributed by atoms with Gasteiger partial charge in [0.2, 0.25) is 5.91 Å². The maximum Gasteiger partial charge on any atom is 0.281 e. The first-order chi connectivity index (χ1) is 9.91. The normalized spacial score (nSPS) is 23.4. The van der Waals surface area contributed by atoms with Gasteiger partial charge in [0.1, 0.15) is 0 Å². The number of nitrogens with one attached hydrogen (secondary N) is 1. The second-order valence-corrected chi connectivity index (χ2v) is 8.45. The number of hydrogen-bond acceptors (Lipinski definition) is 3. The molecule has 1 heterocycles. The molecule has 1 N–H and O–H groups in total. The predicted octanol–water partition coefficient (Wildman–Crippen LogP) is 0.954. The van der Waals surface area contributed by atoms with E-state index in [1.807, 2.05) is 0 Å². The van der Waals surface area contributed by atoms with Gasteiger partial charge in [0, 0.05) is 39.1 Å². The summed E-state index contributed by atoms with van der Waals surface area (Å²) in [6, 6.07) is 0.119. The quantitative estimate of drug-likeness (QED) is 0.839. The molecule has 2 fully saturated rings. The van der Waals surface area contributed by atoms with Crippen LogP contribution in [0.1, 0.15) is 44.9 Å². The minimum atomic E-state index is -3.32. The molecular weight excluding hydrogens is 290 g/mol. The molecule has 122 valence electrons. The van der Waals surface area contributed by atoms with Gasteiger partial charge >= 0.3 is 0 Å². The van der Waals surface area contributed by atoms with Crippen LogP contribution in [0.2, 0.25) is 0 Å². The molecule has 0 radical (unpaired) electrons. The topological polar surface area (TPSA) is 69.7 Å². The molecule has 0 atom stereocenters. The molecule has 1 amide bonds. The molecule has 7 heteroatoms. The van der Waals surface area contributed by atoms with Gasteiger partial charge in [-0.1, -0.05) is 19.3 Å². The van der Waals surface area contributed by atoms with Crippen molar-refractivity contribution in [1.82, 2.24) is 13.9 Å². The molecular formula is C14H27N3O3S. The highest BCUT2D eigenvalue weighted by Crippen LogP contribution is 2.24. The zero-order valence-electron chi connectivity index (χ0n) is 13.0. The van der Waals surface area contributed by atoms with Crippen molar-refractivity contribution in [3.63, 3.8) is 0 Å². The minimum Gasteiger partial charge on any atom is -0.353 e. The Morgan fingerprint density at radius 1 is 1.05 bits per heavy atom. The van der Waals surface area contributed by atoms with E-state index in [9.17, 15) is 13.2 Å². The molecule has 0 unspecified atom stereocenters. The molecule has 1 saturated heterocycles. The maximum atomic E-state index is 12.2. The van der Waals surface area contributed by atoms with Gasteiger partial charge in [0.25, 0.3) is 10.2 Å². The summed E-state index contributed by atoms with van der Waals surface area (Å²) in [5.74, 6) is 0.339. The van der Waals surface area contributed by atoms with Gasteiger partial charge < -0.3 is 5.32 Å². The van der Waals surface area contributed by atoms with Crippen LogP contribution in [0.15, 0.2) is 0 Å². The summed E-state index contributed by atoms with van der Waals surface area (Å²) < 4.78 is 26.8. The molecule has 1 aliphatic carbocycles. The molecule has 21 heavy (non-hydrogen) atoms.